The van der Waals surface area contributed by atoms with Crippen molar-refractivity contribution >= 4 is 35.0 Å². The maximum absolute atomic E-state index is 13.5. The zero-order valence-electron chi connectivity index (χ0n) is 25.7. The van der Waals surface area contributed by atoms with Crippen molar-refractivity contribution in [3.63, 3.8) is 0 Å². The smallest absolute Gasteiger partial charge is 0.273 e. The van der Waals surface area contributed by atoms with Crippen molar-refractivity contribution in [1.82, 2.24) is 35.4 Å². The van der Waals surface area contributed by atoms with E-state index in [-0.39, 0.29) is 54.0 Å². The molecule has 0 saturated carbocycles. The number of carbonyl (C=O) groups is 4. The fourth-order valence-corrected chi connectivity index (χ4v) is 5.87. The Labute approximate surface area is 269 Å². The number of oxazole rings is 1. The molecule has 4 heterocycles. The molecule has 0 unspecified atom stereocenters. The standard InChI is InChI=1S/C32H35N7O6S/c1-19(2)13-23-31-37-25(18-46-31)28(42)33-10-12-39(32(44)21-9-11-38(3)27(41)15-21)16-26(40)34-22(14-20-7-5-4-6-8-20)30-36-24(17-45-30)29(43)35-23/h4-9,11,15,17-19,22-23H,10,12-14,16H2,1-3H3,(H,33,42)(H,34,40)(H,35,43)/t22-,23-/m0/s1. The van der Waals surface area contributed by atoms with Gasteiger partial charge in [0.25, 0.3) is 23.3 Å². The number of fused-ring (bicyclic) bond motifs is 4. The van der Waals surface area contributed by atoms with Crippen LogP contribution in [0.2, 0.25) is 0 Å². The fraction of sp³-hybridized carbons (Fsp3) is 0.344. The molecular weight excluding hydrogens is 610 g/mol. The third-order valence-corrected chi connectivity index (χ3v) is 8.33. The SMILES string of the molecule is CC(C)C[C@@H]1NC(=O)c2coc(n2)[C@H](Cc2ccccc2)NC(=O)CN(C(=O)c2ccn(C)c(=O)c2)CCNC(=O)c2csc1n2. The third kappa shape index (κ3) is 7.93. The number of hydrogen-bond acceptors (Lipinski definition) is 9. The summed E-state index contributed by atoms with van der Waals surface area (Å²) in [6, 6.07) is 10.8. The van der Waals surface area contributed by atoms with Crippen molar-refractivity contribution in [3.05, 3.63) is 104 Å². The molecular formula is C32H35N7O6S. The van der Waals surface area contributed by atoms with Crippen molar-refractivity contribution in [3.8, 4) is 0 Å². The topological polar surface area (TPSA) is 169 Å². The van der Waals surface area contributed by atoms with E-state index in [1.54, 1.807) is 12.4 Å². The van der Waals surface area contributed by atoms with Crippen molar-refractivity contribution in [2.24, 2.45) is 13.0 Å². The van der Waals surface area contributed by atoms with Gasteiger partial charge < -0.3 is 29.8 Å². The van der Waals surface area contributed by atoms with Crippen LogP contribution in [0.4, 0.5) is 0 Å². The molecule has 0 radical (unpaired) electrons. The van der Waals surface area contributed by atoms with Crippen LogP contribution in [0.5, 0.6) is 0 Å². The van der Waals surface area contributed by atoms with Crippen molar-refractivity contribution < 1.29 is 23.6 Å². The quantitative estimate of drug-likeness (QED) is 0.298. The molecule has 2 atom stereocenters. The molecule has 3 aromatic heterocycles. The highest BCUT2D eigenvalue weighted by molar-refractivity contribution is 7.09. The lowest BCUT2D eigenvalue weighted by atomic mass is 10.0. The molecule has 14 heteroatoms. The predicted molar refractivity (Wildman–Crippen MR) is 169 cm³/mol. The third-order valence-electron chi connectivity index (χ3n) is 7.38. The van der Waals surface area contributed by atoms with Crippen LogP contribution in [0.25, 0.3) is 0 Å². The van der Waals surface area contributed by atoms with Gasteiger partial charge in [0.05, 0.1) is 12.6 Å². The summed E-state index contributed by atoms with van der Waals surface area (Å²) in [6.45, 7) is 3.64. The monoisotopic (exact) mass is 645 g/mol. The van der Waals surface area contributed by atoms with Gasteiger partial charge in [-0.3, -0.25) is 24.0 Å². The predicted octanol–water partition coefficient (Wildman–Crippen LogP) is 2.63. The van der Waals surface area contributed by atoms with Gasteiger partial charge in [-0.05, 0) is 24.0 Å². The number of carbonyl (C=O) groups excluding carboxylic acids is 4. The van der Waals surface area contributed by atoms with Crippen molar-refractivity contribution in [2.45, 2.75) is 38.8 Å². The molecule has 4 bridgehead atoms. The van der Waals surface area contributed by atoms with Gasteiger partial charge >= 0.3 is 0 Å². The number of hydrogen-bond donors (Lipinski definition) is 3. The van der Waals surface area contributed by atoms with E-state index in [9.17, 15) is 24.0 Å². The fourth-order valence-electron chi connectivity index (χ4n) is 5.00. The number of aryl methyl sites for hydroxylation is 1. The van der Waals surface area contributed by atoms with Crippen LogP contribution in [0, 0.1) is 5.92 Å². The largest absolute Gasteiger partial charge is 0.446 e. The van der Waals surface area contributed by atoms with E-state index in [1.165, 1.54) is 45.4 Å². The summed E-state index contributed by atoms with van der Waals surface area (Å²) in [5.74, 6) is -1.71. The van der Waals surface area contributed by atoms with Crippen LogP contribution in [0.15, 0.2) is 69.5 Å². The second-order valence-corrected chi connectivity index (χ2v) is 12.3. The Balaban J connectivity index is 1.49. The number of rotatable bonds is 5. The molecule has 0 aliphatic carbocycles. The Hall–Kier alpha value is -5.11. The molecule has 4 amide bonds. The number of aromatic nitrogens is 3. The molecule has 0 saturated heterocycles. The second kappa shape index (κ2) is 14.3. The molecule has 1 aliphatic rings. The van der Waals surface area contributed by atoms with E-state index in [0.717, 1.165) is 5.56 Å². The average molecular weight is 646 g/mol. The van der Waals surface area contributed by atoms with Gasteiger partial charge in [0.2, 0.25) is 11.8 Å². The first-order valence-corrected chi connectivity index (χ1v) is 15.7. The summed E-state index contributed by atoms with van der Waals surface area (Å²) in [5.41, 5.74) is 0.792. The van der Waals surface area contributed by atoms with E-state index < -0.39 is 35.7 Å². The highest BCUT2D eigenvalue weighted by atomic mass is 32.1. The summed E-state index contributed by atoms with van der Waals surface area (Å²) in [7, 11) is 1.57. The summed E-state index contributed by atoms with van der Waals surface area (Å²) in [5, 5.41) is 10.8. The molecule has 4 aromatic rings. The molecule has 240 valence electrons. The van der Waals surface area contributed by atoms with E-state index in [0.29, 0.717) is 17.8 Å². The number of thiazole rings is 1. The van der Waals surface area contributed by atoms with Crippen LogP contribution < -0.4 is 21.5 Å². The van der Waals surface area contributed by atoms with Crippen LogP contribution in [0.1, 0.15) is 80.1 Å². The molecule has 3 N–H and O–H groups in total. The number of benzene rings is 1. The lowest BCUT2D eigenvalue weighted by molar-refractivity contribution is -0.122. The van der Waals surface area contributed by atoms with Gasteiger partial charge in [-0.25, -0.2) is 9.97 Å². The molecule has 0 spiro atoms. The van der Waals surface area contributed by atoms with Crippen LogP contribution in [0.3, 0.4) is 0 Å². The summed E-state index contributed by atoms with van der Waals surface area (Å²) >= 11 is 1.25. The second-order valence-electron chi connectivity index (χ2n) is 11.5. The minimum absolute atomic E-state index is 0.0122. The Bertz CT molecular complexity index is 1780. The Morgan fingerprint density at radius 1 is 1.02 bits per heavy atom. The first-order valence-electron chi connectivity index (χ1n) is 14.9. The average Bonchev–Trinajstić information content (AvgIpc) is 3.72. The lowest BCUT2D eigenvalue weighted by Crippen LogP contribution is -2.45. The minimum atomic E-state index is -0.774. The maximum atomic E-state index is 13.5. The summed E-state index contributed by atoms with van der Waals surface area (Å²) in [4.78, 5) is 75.9. The van der Waals surface area contributed by atoms with E-state index in [2.05, 4.69) is 25.9 Å². The van der Waals surface area contributed by atoms with Crippen molar-refractivity contribution in [2.75, 3.05) is 19.6 Å². The van der Waals surface area contributed by atoms with Gasteiger partial charge in [0.1, 0.15) is 23.0 Å². The van der Waals surface area contributed by atoms with Crippen LogP contribution in [-0.2, 0) is 18.3 Å². The summed E-state index contributed by atoms with van der Waals surface area (Å²) in [6.07, 6.45) is 3.57. The first-order chi connectivity index (χ1) is 22.1. The van der Waals surface area contributed by atoms with Gasteiger partial charge in [-0.2, -0.15) is 0 Å². The number of amides is 4. The first kappa shape index (κ1) is 32.3. The maximum Gasteiger partial charge on any atom is 0.273 e. The lowest BCUT2D eigenvalue weighted by Gasteiger charge is -2.24. The van der Waals surface area contributed by atoms with E-state index in [4.69, 9.17) is 4.42 Å². The number of nitrogens with one attached hydrogen (secondary N) is 3. The number of nitrogens with zero attached hydrogens (tertiary/aromatic N) is 4. The van der Waals surface area contributed by atoms with Gasteiger partial charge in [-0.15, -0.1) is 11.3 Å². The molecule has 0 fully saturated rings. The zero-order valence-corrected chi connectivity index (χ0v) is 26.5. The van der Waals surface area contributed by atoms with Gasteiger partial charge in [0.15, 0.2) is 5.69 Å². The molecule has 13 nitrogen and oxygen atoms in total. The highest BCUT2D eigenvalue weighted by Gasteiger charge is 2.28. The molecule has 1 aliphatic heterocycles. The van der Waals surface area contributed by atoms with Gasteiger partial charge in [-0.1, -0.05) is 44.2 Å². The Morgan fingerprint density at radius 3 is 2.54 bits per heavy atom. The van der Waals surface area contributed by atoms with E-state index in [1.807, 2.05) is 44.2 Å². The highest BCUT2D eigenvalue weighted by Crippen LogP contribution is 2.26. The Morgan fingerprint density at radius 2 is 1.80 bits per heavy atom. The van der Waals surface area contributed by atoms with Crippen molar-refractivity contribution in [1.29, 1.82) is 0 Å². The van der Waals surface area contributed by atoms with E-state index >= 15 is 0 Å². The molecule has 1 aromatic carbocycles. The molecule has 46 heavy (non-hydrogen) atoms. The molecule has 5 rings (SSSR count). The number of pyridine rings is 1. The zero-order chi connectivity index (χ0) is 32.8. The summed E-state index contributed by atoms with van der Waals surface area (Å²) < 4.78 is 7.07. The normalized spacial score (nSPS) is 17.9. The van der Waals surface area contributed by atoms with Crippen LogP contribution >= 0.6 is 11.3 Å². The van der Waals surface area contributed by atoms with Crippen LogP contribution in [-0.4, -0.2) is 62.7 Å². The Kier molecular flexibility index (Phi) is 10.1. The van der Waals surface area contributed by atoms with Gasteiger partial charge in [0, 0.05) is 49.8 Å². The minimum Gasteiger partial charge on any atom is -0.446 e.